The zero-order valence-electron chi connectivity index (χ0n) is 14.1. The van der Waals surface area contributed by atoms with Crippen LogP contribution in [0.15, 0.2) is 18.2 Å². The van der Waals surface area contributed by atoms with Crippen LogP contribution in [0, 0.1) is 0 Å². The van der Waals surface area contributed by atoms with Crippen molar-refractivity contribution in [1.29, 1.82) is 0 Å². The Balaban J connectivity index is 2.06. The van der Waals surface area contributed by atoms with E-state index >= 15 is 0 Å². The molecule has 1 saturated heterocycles. The fourth-order valence-electron chi connectivity index (χ4n) is 2.93. The second-order valence-electron chi connectivity index (χ2n) is 5.90. The van der Waals surface area contributed by atoms with Gasteiger partial charge in [-0.2, -0.15) is 0 Å². The molecule has 0 aliphatic carbocycles. The minimum Gasteiger partial charge on any atom is -0.495 e. The van der Waals surface area contributed by atoms with Crippen LogP contribution < -0.4 is 10.1 Å². The average Bonchev–Trinajstić information content (AvgIpc) is 2.88. The van der Waals surface area contributed by atoms with Crippen LogP contribution in [0.4, 0.5) is 5.69 Å². The molecule has 2 unspecified atom stereocenters. The monoisotopic (exact) mass is 374 g/mol. The molecule has 0 radical (unpaired) electrons. The number of methoxy groups -OCH3 is 1. The minimum atomic E-state index is -3.03. The number of amides is 1. The van der Waals surface area contributed by atoms with Crippen LogP contribution in [0.3, 0.4) is 0 Å². The van der Waals surface area contributed by atoms with E-state index < -0.39 is 15.9 Å². The third-order valence-corrected chi connectivity index (χ3v) is 6.22. The van der Waals surface area contributed by atoms with Gasteiger partial charge in [0.2, 0.25) is 5.91 Å². The summed E-state index contributed by atoms with van der Waals surface area (Å²) in [6.07, 6.45) is 0.503. The number of ether oxygens (including phenoxy) is 1. The van der Waals surface area contributed by atoms with Gasteiger partial charge in [-0.15, -0.1) is 0 Å². The number of carbonyl (C=O) groups excluding carboxylic acids is 1. The summed E-state index contributed by atoms with van der Waals surface area (Å²) >= 11 is 6.09. The van der Waals surface area contributed by atoms with Crippen LogP contribution in [0.1, 0.15) is 20.3 Å². The molecule has 0 saturated carbocycles. The van der Waals surface area contributed by atoms with E-state index in [1.165, 1.54) is 7.11 Å². The number of likely N-dealkylation sites (N-methyl/N-ethyl adjacent to an activating group) is 1. The Labute approximate surface area is 148 Å². The highest BCUT2D eigenvalue weighted by Gasteiger charge is 2.35. The maximum absolute atomic E-state index is 12.7. The Morgan fingerprint density at radius 3 is 2.71 bits per heavy atom. The van der Waals surface area contributed by atoms with Crippen LogP contribution in [-0.4, -0.2) is 56.5 Å². The van der Waals surface area contributed by atoms with E-state index in [9.17, 15) is 13.2 Å². The molecule has 1 heterocycles. The highest BCUT2D eigenvalue weighted by atomic mass is 35.5. The van der Waals surface area contributed by atoms with E-state index in [4.69, 9.17) is 16.3 Å². The molecule has 134 valence electrons. The second-order valence-corrected chi connectivity index (χ2v) is 8.53. The Kier molecular flexibility index (Phi) is 5.98. The van der Waals surface area contributed by atoms with Gasteiger partial charge in [-0.05, 0) is 38.5 Å². The lowest BCUT2D eigenvalue weighted by atomic mass is 10.1. The van der Waals surface area contributed by atoms with Crippen molar-refractivity contribution in [3.63, 3.8) is 0 Å². The maximum Gasteiger partial charge on any atom is 0.245 e. The fraction of sp³-hybridized carbons (Fsp3) is 0.562. The lowest BCUT2D eigenvalue weighted by molar-refractivity contribution is -0.133. The maximum atomic E-state index is 12.7. The molecule has 24 heavy (non-hydrogen) atoms. The van der Waals surface area contributed by atoms with Crippen molar-refractivity contribution >= 4 is 33.0 Å². The predicted octanol–water partition coefficient (Wildman–Crippen LogP) is 2.18. The Hall–Kier alpha value is -1.47. The lowest BCUT2D eigenvalue weighted by Crippen LogP contribution is -2.47. The molecular weight excluding hydrogens is 352 g/mol. The van der Waals surface area contributed by atoms with Crippen LogP contribution in [-0.2, 0) is 14.6 Å². The van der Waals surface area contributed by atoms with Crippen molar-refractivity contribution in [1.82, 2.24) is 4.90 Å². The molecule has 0 spiro atoms. The quantitative estimate of drug-likeness (QED) is 0.826. The van der Waals surface area contributed by atoms with Gasteiger partial charge < -0.3 is 15.0 Å². The molecule has 0 bridgehead atoms. The molecule has 8 heteroatoms. The minimum absolute atomic E-state index is 0.0493. The number of hydrogen-bond acceptors (Lipinski definition) is 5. The van der Waals surface area contributed by atoms with Gasteiger partial charge in [0, 0.05) is 18.3 Å². The highest BCUT2D eigenvalue weighted by Crippen LogP contribution is 2.27. The van der Waals surface area contributed by atoms with Gasteiger partial charge in [-0.25, -0.2) is 8.42 Å². The van der Waals surface area contributed by atoms with Gasteiger partial charge in [0.25, 0.3) is 0 Å². The van der Waals surface area contributed by atoms with Crippen molar-refractivity contribution in [2.45, 2.75) is 32.4 Å². The van der Waals surface area contributed by atoms with Crippen molar-refractivity contribution in [3.05, 3.63) is 23.2 Å². The van der Waals surface area contributed by atoms with Gasteiger partial charge in [-0.1, -0.05) is 11.6 Å². The van der Waals surface area contributed by atoms with Crippen LogP contribution >= 0.6 is 11.6 Å². The van der Waals surface area contributed by atoms with Crippen LogP contribution in [0.2, 0.25) is 5.02 Å². The highest BCUT2D eigenvalue weighted by molar-refractivity contribution is 7.91. The summed E-state index contributed by atoms with van der Waals surface area (Å²) in [5, 5.41) is 3.57. The first-order valence-corrected chi connectivity index (χ1v) is 10.1. The summed E-state index contributed by atoms with van der Waals surface area (Å²) in [6.45, 7) is 4.10. The predicted molar refractivity (Wildman–Crippen MR) is 95.5 cm³/mol. The van der Waals surface area contributed by atoms with Crippen LogP contribution in [0.25, 0.3) is 0 Å². The normalized spacial score (nSPS) is 20.4. The summed E-state index contributed by atoms with van der Waals surface area (Å²) in [5.41, 5.74) is 0.705. The van der Waals surface area contributed by atoms with Crippen molar-refractivity contribution in [2.24, 2.45) is 0 Å². The molecule has 1 aromatic rings. The smallest absolute Gasteiger partial charge is 0.245 e. The number of nitrogens with one attached hydrogen (secondary N) is 1. The van der Waals surface area contributed by atoms with E-state index in [2.05, 4.69) is 5.32 Å². The van der Waals surface area contributed by atoms with Gasteiger partial charge in [0.05, 0.1) is 23.6 Å². The van der Waals surface area contributed by atoms with E-state index in [1.54, 1.807) is 30.0 Å². The van der Waals surface area contributed by atoms with Crippen molar-refractivity contribution in [3.8, 4) is 5.75 Å². The number of anilines is 1. The number of sulfone groups is 1. The van der Waals surface area contributed by atoms with Gasteiger partial charge >= 0.3 is 0 Å². The molecule has 1 aromatic carbocycles. The zero-order chi connectivity index (χ0) is 17.9. The topological polar surface area (TPSA) is 75.7 Å². The first-order valence-electron chi connectivity index (χ1n) is 7.88. The Morgan fingerprint density at radius 2 is 2.21 bits per heavy atom. The van der Waals surface area contributed by atoms with Gasteiger partial charge in [-0.3, -0.25) is 4.79 Å². The zero-order valence-corrected chi connectivity index (χ0v) is 15.7. The molecule has 1 aliphatic rings. The summed E-state index contributed by atoms with van der Waals surface area (Å²) < 4.78 is 28.4. The SMILES string of the molecule is CCN(C(=O)C(C)Nc1ccc(OC)c(Cl)c1)C1CCS(=O)(=O)C1. The molecule has 2 rings (SSSR count). The number of nitrogens with zero attached hydrogens (tertiary/aromatic N) is 1. The second kappa shape index (κ2) is 7.61. The molecular formula is C16H23ClN2O4S. The van der Waals surface area contributed by atoms with Gasteiger partial charge in [0.15, 0.2) is 9.84 Å². The number of hydrogen-bond donors (Lipinski definition) is 1. The summed E-state index contributed by atoms with van der Waals surface area (Å²) in [5.74, 6) is 0.643. The van der Waals surface area contributed by atoms with Crippen molar-refractivity contribution < 1.29 is 17.9 Å². The molecule has 1 fully saturated rings. The summed E-state index contributed by atoms with van der Waals surface area (Å²) in [4.78, 5) is 14.3. The Morgan fingerprint density at radius 1 is 1.50 bits per heavy atom. The summed E-state index contributed by atoms with van der Waals surface area (Å²) in [7, 11) is -1.49. The van der Waals surface area contributed by atoms with E-state index in [0.29, 0.717) is 29.4 Å². The lowest BCUT2D eigenvalue weighted by Gasteiger charge is -2.30. The van der Waals surface area contributed by atoms with E-state index in [-0.39, 0.29) is 23.5 Å². The number of halogens is 1. The molecule has 1 N–H and O–H groups in total. The molecule has 1 aliphatic heterocycles. The third kappa shape index (κ3) is 4.33. The Bertz CT molecular complexity index is 708. The molecule has 0 aromatic heterocycles. The average molecular weight is 375 g/mol. The first kappa shape index (κ1) is 18.9. The molecule has 6 nitrogen and oxygen atoms in total. The summed E-state index contributed by atoms with van der Waals surface area (Å²) in [6, 6.07) is 4.47. The molecule has 2 atom stereocenters. The van der Waals surface area contributed by atoms with E-state index in [0.717, 1.165) is 0 Å². The van der Waals surface area contributed by atoms with Crippen LogP contribution in [0.5, 0.6) is 5.75 Å². The van der Waals surface area contributed by atoms with Gasteiger partial charge in [0.1, 0.15) is 11.8 Å². The fourth-order valence-corrected chi connectivity index (χ4v) is 4.92. The molecule has 1 amide bonds. The standard InChI is InChI=1S/C16H23ClN2O4S/c1-4-19(13-7-8-24(21,22)10-13)16(20)11(2)18-12-5-6-15(23-3)14(17)9-12/h5-6,9,11,13,18H,4,7-8,10H2,1-3H3. The largest absolute Gasteiger partial charge is 0.495 e. The number of carbonyl (C=O) groups is 1. The third-order valence-electron chi connectivity index (χ3n) is 4.18. The first-order chi connectivity index (χ1) is 11.3. The number of benzene rings is 1. The van der Waals surface area contributed by atoms with Crippen molar-refractivity contribution in [2.75, 3.05) is 30.5 Å². The number of rotatable bonds is 6. The van der Waals surface area contributed by atoms with E-state index in [1.807, 2.05) is 6.92 Å².